The number of esters is 2. The van der Waals surface area contributed by atoms with Crippen LogP contribution in [0.1, 0.15) is 59.8 Å². The summed E-state index contributed by atoms with van der Waals surface area (Å²) in [5.74, 6) is 0.331. The van der Waals surface area contributed by atoms with Crippen LogP contribution in [0.4, 0.5) is 0 Å². The quantitative estimate of drug-likeness (QED) is 0.574. The zero-order valence-corrected chi connectivity index (χ0v) is 14.6. The van der Waals surface area contributed by atoms with E-state index in [0.717, 1.165) is 25.7 Å². The molecular formula is C18H28O5. The van der Waals surface area contributed by atoms with Crippen LogP contribution in [0.2, 0.25) is 0 Å². The summed E-state index contributed by atoms with van der Waals surface area (Å²) in [5.41, 5.74) is -0.883. The van der Waals surface area contributed by atoms with E-state index >= 15 is 0 Å². The van der Waals surface area contributed by atoms with E-state index < -0.39 is 5.41 Å². The lowest BCUT2D eigenvalue weighted by Crippen LogP contribution is -2.47. The van der Waals surface area contributed by atoms with Crippen LogP contribution in [0.15, 0.2) is 0 Å². The van der Waals surface area contributed by atoms with Crippen LogP contribution in [-0.4, -0.2) is 30.4 Å². The molecule has 0 aromatic heterocycles. The molecular weight excluding hydrogens is 296 g/mol. The summed E-state index contributed by atoms with van der Waals surface area (Å²) in [4.78, 5) is 24.3. The van der Waals surface area contributed by atoms with Gasteiger partial charge in [-0.05, 0) is 51.4 Å². The van der Waals surface area contributed by atoms with E-state index in [2.05, 4.69) is 0 Å². The number of ether oxygens (including phenoxy) is 3. The van der Waals surface area contributed by atoms with Crippen molar-refractivity contribution in [3.05, 3.63) is 0 Å². The molecule has 4 aliphatic rings. The third-order valence-electron chi connectivity index (χ3n) is 6.23. The predicted molar refractivity (Wildman–Crippen MR) is 83.3 cm³/mol. The molecule has 4 fully saturated rings. The van der Waals surface area contributed by atoms with Crippen molar-refractivity contribution in [1.82, 2.24) is 0 Å². The highest BCUT2D eigenvalue weighted by molar-refractivity contribution is 5.76. The molecule has 2 saturated carbocycles. The Bertz CT molecular complexity index is 498. The molecule has 4 rings (SSSR count). The first-order valence-electron chi connectivity index (χ1n) is 8.73. The van der Waals surface area contributed by atoms with E-state index in [1.165, 1.54) is 0 Å². The van der Waals surface area contributed by atoms with E-state index in [1.807, 2.05) is 27.7 Å². The standard InChI is InChI=1S/C18H28O5/c1-11(2)17(3,4)16(20)21-10-22-18-7-12-5-13(8-18)15(19)23-14(6-12)9-18/h11-14H,5-10H2,1-4H3. The van der Waals surface area contributed by atoms with Gasteiger partial charge in [0.15, 0.2) is 6.79 Å². The molecule has 0 N–H and O–H groups in total. The van der Waals surface area contributed by atoms with Gasteiger partial charge in [0, 0.05) is 6.42 Å². The van der Waals surface area contributed by atoms with Gasteiger partial charge in [-0.25, -0.2) is 0 Å². The van der Waals surface area contributed by atoms with Gasteiger partial charge in [-0.2, -0.15) is 0 Å². The zero-order valence-electron chi connectivity index (χ0n) is 14.6. The number of rotatable bonds is 5. The van der Waals surface area contributed by atoms with Crippen LogP contribution < -0.4 is 0 Å². The number of fused-ring (bicyclic) bond motifs is 1. The summed E-state index contributed by atoms with van der Waals surface area (Å²) in [6.45, 7) is 7.77. The Hall–Kier alpha value is -1.10. The van der Waals surface area contributed by atoms with Crippen molar-refractivity contribution in [2.45, 2.75) is 71.5 Å². The fraction of sp³-hybridized carbons (Fsp3) is 0.889. The van der Waals surface area contributed by atoms with E-state index in [-0.39, 0.29) is 42.3 Å². The second kappa shape index (κ2) is 5.76. The number of carbonyl (C=O) groups is 2. The average molecular weight is 324 g/mol. The van der Waals surface area contributed by atoms with Gasteiger partial charge in [-0.15, -0.1) is 0 Å². The monoisotopic (exact) mass is 324 g/mol. The van der Waals surface area contributed by atoms with Crippen molar-refractivity contribution in [1.29, 1.82) is 0 Å². The highest BCUT2D eigenvalue weighted by Crippen LogP contribution is 2.51. The van der Waals surface area contributed by atoms with E-state index in [4.69, 9.17) is 14.2 Å². The van der Waals surface area contributed by atoms with Crippen LogP contribution in [0.25, 0.3) is 0 Å². The minimum atomic E-state index is -0.527. The normalized spacial score (nSPS) is 36.0. The Balaban J connectivity index is 1.60. The SMILES string of the molecule is CC(C)C(C)(C)C(=O)OCOC12CC3CC(C1)OC(=O)C(C3)C2. The van der Waals surface area contributed by atoms with Crippen LogP contribution in [0.3, 0.4) is 0 Å². The molecule has 2 saturated heterocycles. The van der Waals surface area contributed by atoms with Crippen molar-refractivity contribution in [2.24, 2.45) is 23.2 Å². The molecule has 4 bridgehead atoms. The van der Waals surface area contributed by atoms with E-state index in [9.17, 15) is 9.59 Å². The lowest BCUT2D eigenvalue weighted by Gasteiger charge is -2.45. The molecule has 5 nitrogen and oxygen atoms in total. The van der Waals surface area contributed by atoms with Gasteiger partial charge in [-0.3, -0.25) is 9.59 Å². The Morgan fingerprint density at radius 3 is 2.74 bits per heavy atom. The summed E-state index contributed by atoms with van der Waals surface area (Å²) in [5, 5.41) is 0. The van der Waals surface area contributed by atoms with Gasteiger partial charge < -0.3 is 14.2 Å². The number of hydrogen-bond donors (Lipinski definition) is 0. The maximum atomic E-state index is 12.2. The lowest BCUT2D eigenvalue weighted by molar-refractivity contribution is -0.200. The zero-order chi connectivity index (χ0) is 16.8. The number of carbonyl (C=O) groups excluding carboxylic acids is 2. The van der Waals surface area contributed by atoms with Crippen molar-refractivity contribution >= 4 is 11.9 Å². The third-order valence-corrected chi connectivity index (χ3v) is 6.23. The van der Waals surface area contributed by atoms with Crippen LogP contribution >= 0.6 is 0 Å². The molecule has 130 valence electrons. The van der Waals surface area contributed by atoms with Crippen molar-refractivity contribution in [3.63, 3.8) is 0 Å². The first-order chi connectivity index (χ1) is 10.7. The predicted octanol–water partition coefficient (Wildman–Crippen LogP) is 3.06. The summed E-state index contributed by atoms with van der Waals surface area (Å²) in [6, 6.07) is 0. The smallest absolute Gasteiger partial charge is 0.313 e. The van der Waals surface area contributed by atoms with Crippen molar-refractivity contribution in [3.8, 4) is 0 Å². The molecule has 2 aliphatic heterocycles. The summed E-state index contributed by atoms with van der Waals surface area (Å²) >= 11 is 0. The summed E-state index contributed by atoms with van der Waals surface area (Å²) in [6.07, 6.45) is 4.22. The van der Waals surface area contributed by atoms with E-state index in [0.29, 0.717) is 12.3 Å². The first-order valence-corrected chi connectivity index (χ1v) is 8.73. The van der Waals surface area contributed by atoms with Gasteiger partial charge >= 0.3 is 11.9 Å². The second-order valence-electron chi connectivity index (χ2n) is 8.46. The van der Waals surface area contributed by atoms with Crippen molar-refractivity contribution in [2.75, 3.05) is 6.79 Å². The molecule has 23 heavy (non-hydrogen) atoms. The maximum absolute atomic E-state index is 12.2. The largest absolute Gasteiger partial charge is 0.462 e. The Kier molecular flexibility index (Phi) is 4.20. The van der Waals surface area contributed by atoms with Gasteiger partial charge in [0.2, 0.25) is 0 Å². The highest BCUT2D eigenvalue weighted by atomic mass is 16.7. The van der Waals surface area contributed by atoms with Gasteiger partial charge in [-0.1, -0.05) is 13.8 Å². The second-order valence-corrected chi connectivity index (χ2v) is 8.46. The third kappa shape index (κ3) is 3.12. The number of hydrogen-bond acceptors (Lipinski definition) is 5. The fourth-order valence-electron chi connectivity index (χ4n) is 4.18. The Labute approximate surface area is 138 Å². The molecule has 5 heteroatoms. The molecule has 2 aliphatic carbocycles. The van der Waals surface area contributed by atoms with Gasteiger partial charge in [0.25, 0.3) is 0 Å². The minimum absolute atomic E-state index is 0.0310. The Morgan fingerprint density at radius 2 is 2.04 bits per heavy atom. The molecule has 0 spiro atoms. The lowest BCUT2D eigenvalue weighted by atomic mass is 9.65. The van der Waals surface area contributed by atoms with Gasteiger partial charge in [0.1, 0.15) is 6.10 Å². The first kappa shape index (κ1) is 16.7. The molecule has 0 radical (unpaired) electrons. The van der Waals surface area contributed by atoms with Crippen LogP contribution in [-0.2, 0) is 23.8 Å². The Morgan fingerprint density at radius 1 is 1.30 bits per heavy atom. The average Bonchev–Trinajstić information content (AvgIpc) is 2.60. The summed E-state index contributed by atoms with van der Waals surface area (Å²) < 4.78 is 17.0. The highest BCUT2D eigenvalue weighted by Gasteiger charge is 2.53. The molecule has 4 atom stereocenters. The van der Waals surface area contributed by atoms with Crippen molar-refractivity contribution < 1.29 is 23.8 Å². The van der Waals surface area contributed by atoms with E-state index in [1.54, 1.807) is 0 Å². The molecule has 0 aromatic rings. The maximum Gasteiger partial charge on any atom is 0.313 e. The minimum Gasteiger partial charge on any atom is -0.462 e. The molecule has 4 unspecified atom stereocenters. The van der Waals surface area contributed by atoms with Gasteiger partial charge in [0.05, 0.1) is 16.9 Å². The topological polar surface area (TPSA) is 61.8 Å². The fourth-order valence-corrected chi connectivity index (χ4v) is 4.18. The molecule has 2 heterocycles. The van der Waals surface area contributed by atoms with Crippen LogP contribution in [0, 0.1) is 23.2 Å². The molecule has 0 aromatic carbocycles. The summed E-state index contributed by atoms with van der Waals surface area (Å²) in [7, 11) is 0. The molecule has 0 amide bonds. The van der Waals surface area contributed by atoms with Crippen LogP contribution in [0.5, 0.6) is 0 Å².